The fraction of sp³-hybridized carbons (Fsp3) is 0.800. The number of carbonyl (C=O) groups is 2. The van der Waals surface area contributed by atoms with Gasteiger partial charge in [0.05, 0.1) is 12.5 Å². The molecule has 6 heteroatoms. The van der Waals surface area contributed by atoms with Gasteiger partial charge in [0, 0.05) is 15.8 Å². The standard InChI is InChI=1S/C20H27Br3O3/c1-16(2)8-18(5)10-19(9-16,15(25)26-6)12-11(13(18)21)7-17(3,4)20(22,23)14(12)24/h13H,7-10H2,1-6H3. The molecule has 0 aliphatic heterocycles. The summed E-state index contributed by atoms with van der Waals surface area (Å²) in [6, 6.07) is 0. The molecule has 0 amide bonds. The Balaban J connectivity index is 2.35. The number of alkyl halides is 3. The van der Waals surface area contributed by atoms with Crippen molar-refractivity contribution in [1.82, 2.24) is 0 Å². The Morgan fingerprint density at radius 1 is 1.08 bits per heavy atom. The topological polar surface area (TPSA) is 43.4 Å². The SMILES string of the molecule is COC(=O)C12CC(C)(C)CC(C)(C1)C(Br)C1=C2C(=O)C(Br)(Br)C(C)(C)C1. The maximum absolute atomic E-state index is 13.7. The smallest absolute Gasteiger partial charge is 0.316 e. The first-order valence-corrected chi connectivity index (χ1v) is 11.5. The number of esters is 1. The van der Waals surface area contributed by atoms with E-state index in [4.69, 9.17) is 4.74 Å². The fourth-order valence-electron chi connectivity index (χ4n) is 6.03. The molecule has 0 radical (unpaired) electrons. The van der Waals surface area contributed by atoms with Crippen LogP contribution in [0.2, 0.25) is 0 Å². The van der Waals surface area contributed by atoms with Gasteiger partial charge in [0.2, 0.25) is 0 Å². The molecule has 2 bridgehead atoms. The molecule has 0 spiro atoms. The Bertz CT molecular complexity index is 722. The molecule has 1 fully saturated rings. The first-order chi connectivity index (χ1) is 11.6. The van der Waals surface area contributed by atoms with E-state index in [1.807, 2.05) is 0 Å². The van der Waals surface area contributed by atoms with E-state index < -0.39 is 8.65 Å². The average Bonchev–Trinajstić information content (AvgIpc) is 2.47. The number of carbonyl (C=O) groups excluding carboxylic acids is 2. The van der Waals surface area contributed by atoms with Crippen molar-refractivity contribution in [3.05, 3.63) is 11.1 Å². The number of methoxy groups -OCH3 is 1. The van der Waals surface area contributed by atoms with Crippen molar-refractivity contribution in [1.29, 1.82) is 0 Å². The van der Waals surface area contributed by atoms with Gasteiger partial charge in [-0.3, -0.25) is 9.59 Å². The van der Waals surface area contributed by atoms with E-state index in [2.05, 4.69) is 82.4 Å². The van der Waals surface area contributed by atoms with Crippen LogP contribution in [0.25, 0.3) is 0 Å². The molecule has 26 heavy (non-hydrogen) atoms. The number of Topliss-reactive ketones (excluding diaryl/α,β-unsaturated/α-hetero) is 1. The molecule has 0 aromatic rings. The lowest BCUT2D eigenvalue weighted by Gasteiger charge is -2.61. The second-order valence-corrected chi connectivity index (χ2v) is 14.5. The largest absolute Gasteiger partial charge is 0.468 e. The normalized spacial score (nSPS) is 40.0. The summed E-state index contributed by atoms with van der Waals surface area (Å²) in [6.45, 7) is 10.8. The van der Waals surface area contributed by atoms with Gasteiger partial charge in [-0.1, -0.05) is 82.4 Å². The van der Waals surface area contributed by atoms with Crippen molar-refractivity contribution in [2.24, 2.45) is 21.7 Å². The zero-order valence-electron chi connectivity index (χ0n) is 16.3. The molecule has 3 atom stereocenters. The minimum atomic E-state index is -0.880. The highest BCUT2D eigenvalue weighted by Crippen LogP contribution is 2.69. The molecule has 0 heterocycles. The van der Waals surface area contributed by atoms with Gasteiger partial charge in [-0.2, -0.15) is 0 Å². The third-order valence-corrected chi connectivity index (χ3v) is 11.2. The van der Waals surface area contributed by atoms with Crippen LogP contribution in [0.5, 0.6) is 0 Å². The van der Waals surface area contributed by atoms with E-state index in [9.17, 15) is 9.59 Å². The van der Waals surface area contributed by atoms with E-state index in [0.29, 0.717) is 18.4 Å². The molecule has 3 rings (SSSR count). The van der Waals surface area contributed by atoms with Crippen LogP contribution in [-0.2, 0) is 14.3 Å². The molecule has 3 aliphatic carbocycles. The van der Waals surface area contributed by atoms with Crippen LogP contribution in [0, 0.1) is 21.7 Å². The van der Waals surface area contributed by atoms with Crippen molar-refractivity contribution in [3.8, 4) is 0 Å². The summed E-state index contributed by atoms with van der Waals surface area (Å²) in [5.74, 6) is -0.300. The van der Waals surface area contributed by atoms with E-state index in [0.717, 1.165) is 18.4 Å². The molecule has 1 saturated carbocycles. The third-order valence-electron chi connectivity index (χ3n) is 6.66. The van der Waals surface area contributed by atoms with Gasteiger partial charge < -0.3 is 4.74 Å². The Kier molecular flexibility index (Phi) is 4.79. The molecular weight excluding hydrogens is 528 g/mol. The van der Waals surface area contributed by atoms with Gasteiger partial charge in [-0.15, -0.1) is 0 Å². The predicted molar refractivity (Wildman–Crippen MR) is 114 cm³/mol. The van der Waals surface area contributed by atoms with Crippen molar-refractivity contribution >= 4 is 59.5 Å². The van der Waals surface area contributed by atoms with Gasteiger partial charge in [0.1, 0.15) is 3.23 Å². The van der Waals surface area contributed by atoms with Gasteiger partial charge in [0.25, 0.3) is 0 Å². The van der Waals surface area contributed by atoms with Crippen LogP contribution in [0.15, 0.2) is 11.1 Å². The summed E-state index contributed by atoms with van der Waals surface area (Å²) in [5, 5.41) is 0. The van der Waals surface area contributed by atoms with Crippen molar-refractivity contribution in [3.63, 3.8) is 0 Å². The van der Waals surface area contributed by atoms with Crippen LogP contribution in [0.4, 0.5) is 0 Å². The molecule has 0 saturated heterocycles. The van der Waals surface area contributed by atoms with Crippen LogP contribution in [0.3, 0.4) is 0 Å². The minimum absolute atomic E-state index is 0.0293. The summed E-state index contributed by atoms with van der Waals surface area (Å²) in [7, 11) is 1.43. The van der Waals surface area contributed by atoms with E-state index in [-0.39, 0.29) is 32.8 Å². The maximum Gasteiger partial charge on any atom is 0.316 e. The van der Waals surface area contributed by atoms with E-state index in [1.54, 1.807) is 0 Å². The fourth-order valence-corrected chi connectivity index (χ4v) is 7.42. The van der Waals surface area contributed by atoms with E-state index >= 15 is 0 Å². The van der Waals surface area contributed by atoms with Gasteiger partial charge >= 0.3 is 5.97 Å². The van der Waals surface area contributed by atoms with Crippen molar-refractivity contribution in [2.75, 3.05) is 7.11 Å². The van der Waals surface area contributed by atoms with Crippen molar-refractivity contribution in [2.45, 2.75) is 68.4 Å². The second kappa shape index (κ2) is 5.91. The predicted octanol–water partition coefficient (Wildman–Crippen LogP) is 5.92. The Labute approximate surface area is 181 Å². The van der Waals surface area contributed by atoms with Crippen molar-refractivity contribution < 1.29 is 14.3 Å². The van der Waals surface area contributed by atoms with Gasteiger partial charge in [0.15, 0.2) is 5.78 Å². The Hall–Kier alpha value is 0.320. The molecule has 0 aromatic heterocycles. The molecule has 0 aromatic carbocycles. The number of hydrogen-bond acceptors (Lipinski definition) is 3. The summed E-state index contributed by atoms with van der Waals surface area (Å²) in [6.07, 6.45) is 3.04. The molecule has 3 nitrogen and oxygen atoms in total. The lowest BCUT2D eigenvalue weighted by atomic mass is 9.45. The second-order valence-electron chi connectivity index (χ2n) is 10.1. The first kappa shape index (κ1) is 21.0. The summed E-state index contributed by atoms with van der Waals surface area (Å²) in [4.78, 5) is 26.9. The summed E-state index contributed by atoms with van der Waals surface area (Å²) < 4.78 is 4.41. The lowest BCUT2D eigenvalue weighted by molar-refractivity contribution is -0.161. The quantitative estimate of drug-likeness (QED) is 0.298. The number of fused-ring (bicyclic) bond motifs is 3. The highest BCUT2D eigenvalue weighted by Gasteiger charge is 2.67. The lowest BCUT2D eigenvalue weighted by Crippen LogP contribution is -2.61. The minimum Gasteiger partial charge on any atom is -0.468 e. The first-order valence-electron chi connectivity index (χ1n) is 9.02. The zero-order valence-corrected chi connectivity index (χ0v) is 21.0. The Morgan fingerprint density at radius 2 is 1.65 bits per heavy atom. The van der Waals surface area contributed by atoms with Gasteiger partial charge in [-0.05, 0) is 42.1 Å². The zero-order chi connectivity index (χ0) is 19.9. The molecule has 3 unspecified atom stereocenters. The third kappa shape index (κ3) is 2.67. The number of halogens is 3. The number of rotatable bonds is 1. The monoisotopic (exact) mass is 552 g/mol. The Morgan fingerprint density at radius 3 is 2.19 bits per heavy atom. The summed E-state index contributed by atoms with van der Waals surface area (Å²) >= 11 is 11.3. The van der Waals surface area contributed by atoms with Crippen LogP contribution >= 0.6 is 47.8 Å². The highest BCUT2D eigenvalue weighted by molar-refractivity contribution is 9.26. The highest BCUT2D eigenvalue weighted by atomic mass is 79.9. The van der Waals surface area contributed by atoms with Gasteiger partial charge in [-0.25, -0.2) is 0 Å². The number of ketones is 1. The number of hydrogen-bond donors (Lipinski definition) is 0. The average molecular weight is 555 g/mol. The van der Waals surface area contributed by atoms with Crippen LogP contribution in [0.1, 0.15) is 60.3 Å². The number of allylic oxidation sites excluding steroid dienone is 1. The summed E-state index contributed by atoms with van der Waals surface area (Å²) in [5.41, 5.74) is 0.424. The number of ether oxygens (including phenoxy) is 1. The molecular formula is C20H27Br3O3. The van der Waals surface area contributed by atoms with E-state index in [1.165, 1.54) is 7.11 Å². The maximum atomic E-state index is 13.7. The van der Waals surface area contributed by atoms with Crippen LogP contribution < -0.4 is 0 Å². The molecule has 0 N–H and O–H groups in total. The molecule has 3 aliphatic rings. The molecule has 146 valence electrons. The van der Waals surface area contributed by atoms with Crippen LogP contribution in [-0.4, -0.2) is 26.9 Å².